The number of hydrogen-bond donors (Lipinski definition) is 2. The molecule has 0 aliphatic heterocycles. The highest BCUT2D eigenvalue weighted by Crippen LogP contribution is 2.19. The van der Waals surface area contributed by atoms with Crippen molar-refractivity contribution >= 4 is 12.6 Å². The standard InChI is InChI=1S/C10H16BNO2/c1-4-7(2)10-5-9(11(13)14)6-12-8(10)3/h5-7,13-14H,4H2,1-3H3. The van der Waals surface area contributed by atoms with E-state index in [1.165, 1.54) is 6.20 Å². The highest BCUT2D eigenvalue weighted by Gasteiger charge is 2.15. The van der Waals surface area contributed by atoms with Crippen molar-refractivity contribution in [3.05, 3.63) is 23.5 Å². The van der Waals surface area contributed by atoms with Gasteiger partial charge >= 0.3 is 7.12 Å². The highest BCUT2D eigenvalue weighted by molar-refractivity contribution is 6.58. The molecule has 1 rings (SSSR count). The zero-order valence-corrected chi connectivity index (χ0v) is 8.86. The van der Waals surface area contributed by atoms with E-state index < -0.39 is 7.12 Å². The van der Waals surface area contributed by atoms with E-state index in [1.807, 2.05) is 13.0 Å². The fourth-order valence-electron chi connectivity index (χ4n) is 1.43. The molecule has 2 N–H and O–H groups in total. The molecule has 0 amide bonds. The van der Waals surface area contributed by atoms with Crippen molar-refractivity contribution in [2.45, 2.75) is 33.1 Å². The van der Waals surface area contributed by atoms with Gasteiger partial charge < -0.3 is 10.0 Å². The van der Waals surface area contributed by atoms with Crippen molar-refractivity contribution in [3.8, 4) is 0 Å². The molecular weight excluding hydrogens is 177 g/mol. The summed E-state index contributed by atoms with van der Waals surface area (Å²) in [5, 5.41) is 18.0. The number of rotatable bonds is 3. The normalized spacial score (nSPS) is 12.6. The lowest BCUT2D eigenvalue weighted by molar-refractivity contribution is 0.425. The van der Waals surface area contributed by atoms with Crippen LogP contribution >= 0.6 is 0 Å². The lowest BCUT2D eigenvalue weighted by Gasteiger charge is -2.13. The Bertz CT molecular complexity index is 315. The summed E-state index contributed by atoms with van der Waals surface area (Å²) in [5.74, 6) is 0.404. The maximum absolute atomic E-state index is 9.01. The van der Waals surface area contributed by atoms with Gasteiger partial charge in [0.05, 0.1) is 0 Å². The summed E-state index contributed by atoms with van der Waals surface area (Å²) < 4.78 is 0. The zero-order chi connectivity index (χ0) is 10.7. The van der Waals surface area contributed by atoms with Gasteiger partial charge in [-0.05, 0) is 24.8 Å². The van der Waals surface area contributed by atoms with Gasteiger partial charge in [0.25, 0.3) is 0 Å². The number of nitrogens with zero attached hydrogens (tertiary/aromatic N) is 1. The number of hydrogen-bond acceptors (Lipinski definition) is 3. The number of aryl methyl sites for hydroxylation is 1. The maximum atomic E-state index is 9.01. The Kier molecular flexibility index (Phi) is 3.66. The second kappa shape index (κ2) is 4.57. The molecule has 1 unspecified atom stereocenters. The second-order valence-electron chi connectivity index (χ2n) is 3.63. The van der Waals surface area contributed by atoms with Crippen LogP contribution in [-0.4, -0.2) is 22.2 Å². The van der Waals surface area contributed by atoms with E-state index in [4.69, 9.17) is 10.0 Å². The topological polar surface area (TPSA) is 53.4 Å². The third-order valence-electron chi connectivity index (χ3n) is 2.59. The van der Waals surface area contributed by atoms with Gasteiger partial charge in [0.1, 0.15) is 0 Å². The lowest BCUT2D eigenvalue weighted by Crippen LogP contribution is -2.31. The Balaban J connectivity index is 3.08. The van der Waals surface area contributed by atoms with Gasteiger partial charge in [-0.25, -0.2) is 0 Å². The van der Waals surface area contributed by atoms with E-state index >= 15 is 0 Å². The largest absolute Gasteiger partial charge is 0.490 e. The first kappa shape index (κ1) is 11.2. The molecule has 0 radical (unpaired) electrons. The molecule has 76 valence electrons. The fraction of sp³-hybridized carbons (Fsp3) is 0.500. The summed E-state index contributed by atoms with van der Waals surface area (Å²) in [6, 6.07) is 1.82. The fourth-order valence-corrected chi connectivity index (χ4v) is 1.43. The van der Waals surface area contributed by atoms with Crippen LogP contribution in [0.25, 0.3) is 0 Å². The summed E-state index contributed by atoms with van der Waals surface area (Å²) in [5.41, 5.74) is 2.52. The van der Waals surface area contributed by atoms with Crippen LogP contribution in [0.1, 0.15) is 37.4 Å². The van der Waals surface area contributed by atoms with E-state index in [2.05, 4.69) is 18.8 Å². The highest BCUT2D eigenvalue weighted by atomic mass is 16.4. The molecule has 0 bridgehead atoms. The Morgan fingerprint density at radius 3 is 2.64 bits per heavy atom. The smallest absolute Gasteiger partial charge is 0.423 e. The van der Waals surface area contributed by atoms with E-state index in [1.54, 1.807) is 0 Å². The first-order chi connectivity index (χ1) is 6.56. The molecule has 0 saturated carbocycles. The van der Waals surface area contributed by atoms with Crippen LogP contribution in [0.15, 0.2) is 12.3 Å². The van der Waals surface area contributed by atoms with Crippen LogP contribution in [-0.2, 0) is 0 Å². The number of aromatic nitrogens is 1. The van der Waals surface area contributed by atoms with Crippen molar-refractivity contribution in [1.29, 1.82) is 0 Å². The summed E-state index contributed by atoms with van der Waals surface area (Å²) in [4.78, 5) is 4.15. The SMILES string of the molecule is CCC(C)c1cc(B(O)O)cnc1C. The van der Waals surface area contributed by atoms with E-state index in [-0.39, 0.29) is 0 Å². The average Bonchev–Trinajstić information content (AvgIpc) is 2.17. The lowest BCUT2D eigenvalue weighted by atomic mass is 9.79. The molecule has 4 heteroatoms. The van der Waals surface area contributed by atoms with Gasteiger partial charge in [0, 0.05) is 17.4 Å². The third kappa shape index (κ3) is 2.33. The first-order valence-corrected chi connectivity index (χ1v) is 4.88. The van der Waals surface area contributed by atoms with Crippen LogP contribution in [0.5, 0.6) is 0 Å². The van der Waals surface area contributed by atoms with Crippen molar-refractivity contribution in [1.82, 2.24) is 4.98 Å². The second-order valence-corrected chi connectivity index (χ2v) is 3.63. The average molecular weight is 193 g/mol. The molecule has 3 nitrogen and oxygen atoms in total. The quantitative estimate of drug-likeness (QED) is 0.690. The van der Waals surface area contributed by atoms with Crippen molar-refractivity contribution in [2.75, 3.05) is 0 Å². The van der Waals surface area contributed by atoms with Crippen molar-refractivity contribution in [2.24, 2.45) is 0 Å². The maximum Gasteiger partial charge on any atom is 0.490 e. The van der Waals surface area contributed by atoms with Crippen LogP contribution in [0, 0.1) is 6.92 Å². The Labute approximate surface area is 85.0 Å². The minimum absolute atomic E-state index is 0.404. The molecule has 0 aliphatic carbocycles. The summed E-state index contributed by atoms with van der Waals surface area (Å²) in [6.07, 6.45) is 2.53. The van der Waals surface area contributed by atoms with Gasteiger partial charge in [0.2, 0.25) is 0 Å². The van der Waals surface area contributed by atoms with Crippen LogP contribution in [0.2, 0.25) is 0 Å². The summed E-state index contributed by atoms with van der Waals surface area (Å²) >= 11 is 0. The van der Waals surface area contributed by atoms with E-state index in [0.29, 0.717) is 11.4 Å². The van der Waals surface area contributed by atoms with Gasteiger partial charge in [-0.3, -0.25) is 4.98 Å². The van der Waals surface area contributed by atoms with Gasteiger partial charge in [-0.1, -0.05) is 19.9 Å². The number of pyridine rings is 1. The minimum Gasteiger partial charge on any atom is -0.423 e. The predicted octanol–water partition coefficient (Wildman–Crippen LogP) is 0.583. The molecule has 0 aromatic carbocycles. The van der Waals surface area contributed by atoms with Gasteiger partial charge in [-0.2, -0.15) is 0 Å². The molecule has 0 aliphatic rings. The molecule has 1 heterocycles. The summed E-state index contributed by atoms with van der Waals surface area (Å²) in [6.45, 7) is 6.15. The summed E-state index contributed by atoms with van der Waals surface area (Å²) in [7, 11) is -1.43. The predicted molar refractivity (Wildman–Crippen MR) is 57.5 cm³/mol. The monoisotopic (exact) mass is 193 g/mol. The minimum atomic E-state index is -1.43. The molecule has 0 saturated heterocycles. The van der Waals surface area contributed by atoms with Crippen LogP contribution < -0.4 is 5.46 Å². The van der Waals surface area contributed by atoms with E-state index in [0.717, 1.165) is 17.7 Å². The molecule has 1 atom stereocenters. The van der Waals surface area contributed by atoms with Crippen LogP contribution in [0.4, 0.5) is 0 Å². The Morgan fingerprint density at radius 1 is 1.50 bits per heavy atom. The third-order valence-corrected chi connectivity index (χ3v) is 2.59. The molecule has 0 spiro atoms. The van der Waals surface area contributed by atoms with Crippen molar-refractivity contribution < 1.29 is 10.0 Å². The first-order valence-electron chi connectivity index (χ1n) is 4.88. The molecule has 1 aromatic heterocycles. The molecular formula is C10H16BNO2. The molecule has 1 aromatic rings. The van der Waals surface area contributed by atoms with E-state index in [9.17, 15) is 0 Å². The Morgan fingerprint density at radius 2 is 2.14 bits per heavy atom. The Hall–Kier alpha value is -0.865. The molecule has 14 heavy (non-hydrogen) atoms. The van der Waals surface area contributed by atoms with Crippen LogP contribution in [0.3, 0.4) is 0 Å². The van der Waals surface area contributed by atoms with Gasteiger partial charge in [-0.15, -0.1) is 0 Å². The van der Waals surface area contributed by atoms with Crippen molar-refractivity contribution in [3.63, 3.8) is 0 Å². The zero-order valence-electron chi connectivity index (χ0n) is 8.86. The molecule has 0 fully saturated rings. The van der Waals surface area contributed by atoms with Gasteiger partial charge in [0.15, 0.2) is 0 Å².